The number of carbonyl (C=O) groups is 2. The predicted octanol–water partition coefficient (Wildman–Crippen LogP) is -0.279. The van der Waals surface area contributed by atoms with Gasteiger partial charge in [0.2, 0.25) is 5.69 Å². The molecule has 0 aliphatic rings. The van der Waals surface area contributed by atoms with Gasteiger partial charge in [-0.1, -0.05) is 0 Å². The summed E-state index contributed by atoms with van der Waals surface area (Å²) >= 11 is 0. The Labute approximate surface area is 123 Å². The number of rotatable bonds is 4. The highest BCUT2D eigenvalue weighted by Gasteiger charge is 2.30. The zero-order chi connectivity index (χ0) is 16.6. The highest BCUT2D eigenvalue weighted by atomic mass is 16.6. The lowest BCUT2D eigenvalue weighted by atomic mass is 10.2. The molecule has 0 unspecified atom stereocenters. The van der Waals surface area contributed by atoms with Crippen LogP contribution in [0.1, 0.15) is 26.7 Å². The Hall–Kier alpha value is -3.24. The number of aromatic nitrogens is 4. The topological polar surface area (TPSA) is 151 Å². The molecular weight excluding hydrogens is 294 g/mol. The molecule has 0 saturated carbocycles. The number of hydrogen-bond donors (Lipinski definition) is 2. The van der Waals surface area contributed by atoms with Crippen LogP contribution in [0.15, 0.2) is 6.20 Å². The van der Waals surface area contributed by atoms with Crippen LogP contribution in [0.4, 0.5) is 11.4 Å². The van der Waals surface area contributed by atoms with Crippen molar-refractivity contribution >= 4 is 23.2 Å². The molecule has 0 aliphatic carbocycles. The van der Waals surface area contributed by atoms with E-state index in [0.717, 1.165) is 4.68 Å². The van der Waals surface area contributed by atoms with E-state index in [9.17, 15) is 19.7 Å². The molecule has 2 aromatic heterocycles. The first kappa shape index (κ1) is 15.2. The van der Waals surface area contributed by atoms with Crippen molar-refractivity contribution in [2.45, 2.75) is 6.92 Å². The standard InChI is InChI=1S/C11H13N7O4/c1-5-7(18(21)22)9(17(3)15-5)11(20)14-6-4-13-16(2)8(6)10(12)19/h4H,1-3H3,(H2,12,19)(H,14,20). The predicted molar refractivity (Wildman–Crippen MR) is 74.3 cm³/mol. The lowest BCUT2D eigenvalue weighted by molar-refractivity contribution is -0.385. The molecule has 0 aliphatic heterocycles. The Morgan fingerprint density at radius 2 is 1.95 bits per heavy atom. The molecule has 3 N–H and O–H groups in total. The van der Waals surface area contributed by atoms with Crippen molar-refractivity contribution < 1.29 is 14.5 Å². The Balaban J connectivity index is 2.43. The minimum Gasteiger partial charge on any atom is -0.364 e. The highest BCUT2D eigenvalue weighted by molar-refractivity contribution is 6.09. The van der Waals surface area contributed by atoms with E-state index >= 15 is 0 Å². The number of primary amides is 1. The maximum atomic E-state index is 12.3. The molecule has 0 atom stereocenters. The van der Waals surface area contributed by atoms with E-state index in [4.69, 9.17) is 5.73 Å². The number of aryl methyl sites for hydroxylation is 3. The second kappa shape index (κ2) is 5.27. The van der Waals surface area contributed by atoms with Crippen LogP contribution in [-0.2, 0) is 14.1 Å². The number of nitrogens with one attached hydrogen (secondary N) is 1. The molecule has 2 aromatic rings. The van der Waals surface area contributed by atoms with Crippen LogP contribution in [0, 0.1) is 17.0 Å². The zero-order valence-corrected chi connectivity index (χ0v) is 12.0. The van der Waals surface area contributed by atoms with Crippen LogP contribution in [0.3, 0.4) is 0 Å². The molecule has 0 radical (unpaired) electrons. The number of nitro groups is 1. The summed E-state index contributed by atoms with van der Waals surface area (Å²) in [5.41, 5.74) is 4.73. The van der Waals surface area contributed by atoms with Gasteiger partial charge < -0.3 is 11.1 Å². The van der Waals surface area contributed by atoms with Gasteiger partial charge in [-0.3, -0.25) is 29.1 Å². The van der Waals surface area contributed by atoms with Crippen molar-refractivity contribution in [2.24, 2.45) is 19.8 Å². The summed E-state index contributed by atoms with van der Waals surface area (Å²) in [6.45, 7) is 1.42. The van der Waals surface area contributed by atoms with Gasteiger partial charge in [0.15, 0.2) is 0 Å². The van der Waals surface area contributed by atoms with Crippen LogP contribution in [0.25, 0.3) is 0 Å². The van der Waals surface area contributed by atoms with Crippen LogP contribution >= 0.6 is 0 Å². The van der Waals surface area contributed by atoms with Crippen LogP contribution in [0.5, 0.6) is 0 Å². The number of hydrogen-bond acceptors (Lipinski definition) is 6. The fourth-order valence-corrected chi connectivity index (χ4v) is 2.12. The first-order valence-corrected chi connectivity index (χ1v) is 6.05. The van der Waals surface area contributed by atoms with Gasteiger partial charge in [0.1, 0.15) is 11.4 Å². The average molecular weight is 307 g/mol. The first-order valence-electron chi connectivity index (χ1n) is 6.05. The minimum absolute atomic E-state index is 0.0186. The number of amides is 2. The third-order valence-electron chi connectivity index (χ3n) is 3.01. The molecule has 0 saturated heterocycles. The first-order chi connectivity index (χ1) is 10.2. The van der Waals surface area contributed by atoms with E-state index < -0.39 is 22.4 Å². The fraction of sp³-hybridized carbons (Fsp3) is 0.273. The van der Waals surface area contributed by atoms with Gasteiger partial charge in [-0.15, -0.1) is 0 Å². The fourth-order valence-electron chi connectivity index (χ4n) is 2.12. The molecule has 2 heterocycles. The van der Waals surface area contributed by atoms with E-state index in [-0.39, 0.29) is 22.8 Å². The SMILES string of the molecule is Cc1nn(C)c(C(=O)Nc2cnn(C)c2C(N)=O)c1[N+](=O)[O-]. The van der Waals surface area contributed by atoms with Crippen molar-refractivity contribution in [1.29, 1.82) is 0 Å². The Morgan fingerprint density at radius 1 is 1.32 bits per heavy atom. The molecule has 0 fully saturated rings. The molecule has 0 aromatic carbocycles. The average Bonchev–Trinajstić information content (AvgIpc) is 2.89. The van der Waals surface area contributed by atoms with E-state index in [1.54, 1.807) is 0 Å². The second-order valence-electron chi connectivity index (χ2n) is 4.51. The molecule has 0 spiro atoms. The maximum Gasteiger partial charge on any atom is 0.322 e. The second-order valence-corrected chi connectivity index (χ2v) is 4.51. The van der Waals surface area contributed by atoms with Crippen LogP contribution in [-0.4, -0.2) is 36.3 Å². The van der Waals surface area contributed by atoms with Crippen LogP contribution in [0.2, 0.25) is 0 Å². The summed E-state index contributed by atoms with van der Waals surface area (Å²) in [6.07, 6.45) is 1.23. The van der Waals surface area contributed by atoms with Crippen LogP contribution < -0.4 is 11.1 Å². The Morgan fingerprint density at radius 3 is 2.50 bits per heavy atom. The highest BCUT2D eigenvalue weighted by Crippen LogP contribution is 2.24. The quantitative estimate of drug-likeness (QED) is 0.585. The molecule has 0 bridgehead atoms. The van der Waals surface area contributed by atoms with Crippen molar-refractivity contribution in [3.8, 4) is 0 Å². The number of carbonyl (C=O) groups excluding carboxylic acids is 2. The molecular formula is C11H13N7O4. The normalized spacial score (nSPS) is 10.5. The minimum atomic E-state index is -0.787. The third kappa shape index (κ3) is 2.39. The Bertz CT molecular complexity index is 789. The van der Waals surface area contributed by atoms with Gasteiger partial charge in [-0.05, 0) is 6.92 Å². The smallest absolute Gasteiger partial charge is 0.322 e. The number of nitrogens with two attached hydrogens (primary N) is 1. The Kier molecular flexibility index (Phi) is 3.63. The van der Waals surface area contributed by atoms with E-state index in [1.807, 2.05) is 0 Å². The van der Waals surface area contributed by atoms with Crippen molar-refractivity contribution in [3.05, 3.63) is 33.4 Å². The monoisotopic (exact) mass is 307 g/mol. The van der Waals surface area contributed by atoms with E-state index in [0.29, 0.717) is 0 Å². The van der Waals surface area contributed by atoms with E-state index in [2.05, 4.69) is 15.5 Å². The van der Waals surface area contributed by atoms with Gasteiger partial charge in [0, 0.05) is 14.1 Å². The molecule has 2 rings (SSSR count). The molecule has 11 heteroatoms. The summed E-state index contributed by atoms with van der Waals surface area (Å²) in [6, 6.07) is 0. The summed E-state index contributed by atoms with van der Waals surface area (Å²) in [5, 5.41) is 21.1. The van der Waals surface area contributed by atoms with Crippen molar-refractivity contribution in [2.75, 3.05) is 5.32 Å². The van der Waals surface area contributed by atoms with Gasteiger partial charge in [0.05, 0.1) is 16.8 Å². The molecule has 116 valence electrons. The zero-order valence-electron chi connectivity index (χ0n) is 12.0. The third-order valence-corrected chi connectivity index (χ3v) is 3.01. The van der Waals surface area contributed by atoms with Gasteiger partial charge in [0.25, 0.3) is 11.8 Å². The van der Waals surface area contributed by atoms with Gasteiger partial charge >= 0.3 is 5.69 Å². The summed E-state index contributed by atoms with van der Waals surface area (Å²) in [7, 11) is 2.89. The number of nitrogens with zero attached hydrogens (tertiary/aromatic N) is 5. The van der Waals surface area contributed by atoms with Gasteiger partial charge in [-0.25, -0.2) is 0 Å². The van der Waals surface area contributed by atoms with Crippen molar-refractivity contribution in [1.82, 2.24) is 19.6 Å². The maximum absolute atomic E-state index is 12.3. The van der Waals surface area contributed by atoms with Crippen molar-refractivity contribution in [3.63, 3.8) is 0 Å². The van der Waals surface area contributed by atoms with E-state index in [1.165, 1.54) is 31.9 Å². The summed E-state index contributed by atoms with van der Waals surface area (Å²) in [4.78, 5) is 34.0. The molecule has 2 amide bonds. The molecule has 22 heavy (non-hydrogen) atoms. The lowest BCUT2D eigenvalue weighted by Gasteiger charge is -2.05. The summed E-state index contributed by atoms with van der Waals surface area (Å²) in [5.74, 6) is -1.57. The number of anilines is 1. The largest absolute Gasteiger partial charge is 0.364 e. The molecule has 11 nitrogen and oxygen atoms in total. The summed E-state index contributed by atoms with van der Waals surface area (Å²) < 4.78 is 2.30. The van der Waals surface area contributed by atoms with Gasteiger partial charge in [-0.2, -0.15) is 10.2 Å². The lowest BCUT2D eigenvalue weighted by Crippen LogP contribution is -2.22.